The number of hydrogen-bond acceptors (Lipinski definition) is 4. The molecule has 4 nitrogen and oxygen atoms in total. The van der Waals surface area contributed by atoms with Crippen molar-refractivity contribution in [3.05, 3.63) is 0 Å². The maximum atomic E-state index is 10.7. The van der Waals surface area contributed by atoms with Gasteiger partial charge in [0.05, 0.1) is 18.8 Å². The van der Waals surface area contributed by atoms with E-state index >= 15 is 0 Å². The minimum absolute atomic E-state index is 0.265. The van der Waals surface area contributed by atoms with E-state index in [9.17, 15) is 5.11 Å². The van der Waals surface area contributed by atoms with Crippen LogP contribution in [0.3, 0.4) is 0 Å². The van der Waals surface area contributed by atoms with Gasteiger partial charge in [-0.25, -0.2) is 0 Å². The lowest BCUT2D eigenvalue weighted by atomic mass is 9.83. The fourth-order valence-corrected chi connectivity index (χ4v) is 4.23. The SMILES string of the molecule is CN(CC1(O)CCCCC1)C1CCC2(CC1)OCCO2. The van der Waals surface area contributed by atoms with Crippen LogP contribution in [-0.2, 0) is 9.47 Å². The van der Waals surface area contributed by atoms with E-state index < -0.39 is 5.60 Å². The molecule has 0 unspecified atom stereocenters. The van der Waals surface area contributed by atoms with Crippen LogP contribution >= 0.6 is 0 Å². The van der Waals surface area contributed by atoms with E-state index in [-0.39, 0.29) is 5.79 Å². The molecule has 20 heavy (non-hydrogen) atoms. The molecule has 4 heteroatoms. The number of nitrogens with zero attached hydrogens (tertiary/aromatic N) is 1. The summed E-state index contributed by atoms with van der Waals surface area (Å²) in [5.74, 6) is -0.265. The normalized spacial score (nSPS) is 30.1. The maximum absolute atomic E-state index is 10.7. The summed E-state index contributed by atoms with van der Waals surface area (Å²) >= 11 is 0. The van der Waals surface area contributed by atoms with Crippen LogP contribution in [0.2, 0.25) is 0 Å². The van der Waals surface area contributed by atoms with Gasteiger partial charge >= 0.3 is 0 Å². The highest BCUT2D eigenvalue weighted by Crippen LogP contribution is 2.38. The Balaban J connectivity index is 1.49. The largest absolute Gasteiger partial charge is 0.389 e. The second-order valence-electron chi connectivity index (χ2n) is 7.04. The number of rotatable bonds is 3. The van der Waals surface area contributed by atoms with Crippen molar-refractivity contribution in [3.63, 3.8) is 0 Å². The third kappa shape index (κ3) is 3.19. The zero-order valence-corrected chi connectivity index (χ0v) is 12.8. The van der Waals surface area contributed by atoms with Gasteiger partial charge in [-0.2, -0.15) is 0 Å². The molecule has 1 N–H and O–H groups in total. The summed E-state index contributed by atoms with van der Waals surface area (Å²) in [5, 5.41) is 10.7. The van der Waals surface area contributed by atoms with Crippen molar-refractivity contribution in [3.8, 4) is 0 Å². The molecular formula is C16H29NO3. The van der Waals surface area contributed by atoms with Gasteiger partial charge in [0, 0.05) is 25.4 Å². The second kappa shape index (κ2) is 5.91. The zero-order valence-electron chi connectivity index (χ0n) is 12.8. The zero-order chi connectivity index (χ0) is 14.1. The first-order valence-corrected chi connectivity index (χ1v) is 8.32. The topological polar surface area (TPSA) is 41.9 Å². The maximum Gasteiger partial charge on any atom is 0.168 e. The summed E-state index contributed by atoms with van der Waals surface area (Å²) < 4.78 is 11.6. The minimum atomic E-state index is -0.442. The fraction of sp³-hybridized carbons (Fsp3) is 1.00. The van der Waals surface area contributed by atoms with Crippen molar-refractivity contribution >= 4 is 0 Å². The number of likely N-dealkylation sites (N-methyl/N-ethyl adjacent to an activating group) is 1. The average molecular weight is 283 g/mol. The van der Waals surface area contributed by atoms with Gasteiger partial charge in [-0.1, -0.05) is 19.3 Å². The molecule has 1 spiro atoms. The molecule has 0 bridgehead atoms. The summed E-state index contributed by atoms with van der Waals surface area (Å²) in [5.41, 5.74) is -0.442. The van der Waals surface area contributed by atoms with Crippen molar-refractivity contribution in [2.75, 3.05) is 26.8 Å². The lowest BCUT2D eigenvalue weighted by Gasteiger charge is -2.42. The van der Waals surface area contributed by atoms with Crippen molar-refractivity contribution in [1.29, 1.82) is 0 Å². The lowest BCUT2D eigenvalue weighted by Crippen LogP contribution is -2.49. The average Bonchev–Trinajstić information content (AvgIpc) is 2.88. The standard InChI is InChI=1S/C16H29NO3/c1-17(13-15(18)7-3-2-4-8-15)14-5-9-16(10-6-14)19-11-12-20-16/h14,18H,2-13H2,1H3. The molecule has 1 aliphatic heterocycles. The number of aliphatic hydroxyl groups is 1. The summed E-state index contributed by atoms with van der Waals surface area (Å²) in [6.45, 7) is 2.33. The first-order valence-electron chi connectivity index (χ1n) is 8.32. The van der Waals surface area contributed by atoms with Crippen LogP contribution in [0, 0.1) is 0 Å². The van der Waals surface area contributed by atoms with Gasteiger partial charge in [-0.3, -0.25) is 0 Å². The van der Waals surface area contributed by atoms with Crippen molar-refractivity contribution in [2.24, 2.45) is 0 Å². The van der Waals surface area contributed by atoms with Gasteiger partial charge in [-0.15, -0.1) is 0 Å². The quantitative estimate of drug-likeness (QED) is 0.863. The van der Waals surface area contributed by atoms with Gasteiger partial charge in [0.1, 0.15) is 0 Å². The molecule has 0 amide bonds. The van der Waals surface area contributed by atoms with Gasteiger partial charge in [0.25, 0.3) is 0 Å². The fourth-order valence-electron chi connectivity index (χ4n) is 4.23. The predicted octanol–water partition coefficient (Wildman–Crippen LogP) is 2.30. The van der Waals surface area contributed by atoms with Crippen LogP contribution in [0.4, 0.5) is 0 Å². The minimum Gasteiger partial charge on any atom is -0.389 e. The molecule has 0 aromatic heterocycles. The summed E-state index contributed by atoms with van der Waals surface area (Å²) in [4.78, 5) is 2.38. The van der Waals surface area contributed by atoms with Gasteiger partial charge < -0.3 is 19.5 Å². The smallest absolute Gasteiger partial charge is 0.168 e. The third-order valence-corrected chi connectivity index (χ3v) is 5.48. The number of hydrogen-bond donors (Lipinski definition) is 1. The molecule has 116 valence electrons. The van der Waals surface area contributed by atoms with Gasteiger partial charge in [-0.05, 0) is 32.7 Å². The van der Waals surface area contributed by atoms with E-state index in [2.05, 4.69) is 11.9 Å². The Labute approximate surface area is 122 Å². The first kappa shape index (κ1) is 14.8. The molecule has 3 rings (SSSR count). The van der Waals surface area contributed by atoms with Crippen LogP contribution in [-0.4, -0.2) is 54.2 Å². The Hall–Kier alpha value is -0.160. The van der Waals surface area contributed by atoms with Crippen LogP contribution in [0.25, 0.3) is 0 Å². The second-order valence-corrected chi connectivity index (χ2v) is 7.04. The Morgan fingerprint density at radius 1 is 1.00 bits per heavy atom. The first-order chi connectivity index (χ1) is 9.61. The Morgan fingerprint density at radius 2 is 1.60 bits per heavy atom. The molecule has 0 aromatic rings. The summed E-state index contributed by atoms with van der Waals surface area (Å²) in [6.07, 6.45) is 9.83. The van der Waals surface area contributed by atoms with Crippen molar-refractivity contribution < 1.29 is 14.6 Å². The van der Waals surface area contributed by atoms with Crippen LogP contribution < -0.4 is 0 Å². The van der Waals surface area contributed by atoms with E-state index in [1.165, 1.54) is 19.3 Å². The molecular weight excluding hydrogens is 254 g/mol. The highest BCUT2D eigenvalue weighted by Gasteiger charge is 2.42. The monoisotopic (exact) mass is 283 g/mol. The molecule has 0 radical (unpaired) electrons. The van der Waals surface area contributed by atoms with E-state index in [1.807, 2.05) is 0 Å². The third-order valence-electron chi connectivity index (χ3n) is 5.48. The molecule has 2 saturated carbocycles. The van der Waals surface area contributed by atoms with Crippen LogP contribution in [0.15, 0.2) is 0 Å². The van der Waals surface area contributed by atoms with Gasteiger partial charge in [0.15, 0.2) is 5.79 Å². The lowest BCUT2D eigenvalue weighted by molar-refractivity contribution is -0.184. The van der Waals surface area contributed by atoms with Crippen molar-refractivity contribution in [1.82, 2.24) is 4.90 Å². The van der Waals surface area contributed by atoms with E-state index in [4.69, 9.17) is 9.47 Å². The Bertz CT molecular complexity index is 312. The van der Waals surface area contributed by atoms with Crippen LogP contribution in [0.1, 0.15) is 57.8 Å². The number of ether oxygens (including phenoxy) is 2. The molecule has 0 aromatic carbocycles. The predicted molar refractivity (Wildman–Crippen MR) is 77.6 cm³/mol. The molecule has 3 aliphatic rings. The highest BCUT2D eigenvalue weighted by molar-refractivity contribution is 4.90. The summed E-state index contributed by atoms with van der Waals surface area (Å²) in [6, 6.07) is 0.569. The van der Waals surface area contributed by atoms with E-state index in [0.717, 1.165) is 58.3 Å². The molecule has 1 heterocycles. The van der Waals surface area contributed by atoms with Gasteiger partial charge in [0.2, 0.25) is 0 Å². The summed E-state index contributed by atoms with van der Waals surface area (Å²) in [7, 11) is 2.17. The van der Waals surface area contributed by atoms with Crippen LogP contribution in [0.5, 0.6) is 0 Å². The molecule has 3 fully saturated rings. The molecule has 1 saturated heterocycles. The Morgan fingerprint density at radius 3 is 2.20 bits per heavy atom. The molecule has 2 aliphatic carbocycles. The van der Waals surface area contributed by atoms with E-state index in [1.54, 1.807) is 0 Å². The molecule has 0 atom stereocenters. The van der Waals surface area contributed by atoms with E-state index in [0.29, 0.717) is 6.04 Å². The highest BCUT2D eigenvalue weighted by atomic mass is 16.7. The van der Waals surface area contributed by atoms with Crippen molar-refractivity contribution in [2.45, 2.75) is 75.2 Å². The Kier molecular flexibility index (Phi) is 4.37.